The van der Waals surface area contributed by atoms with E-state index in [1.165, 1.54) is 0 Å². The third-order valence-electron chi connectivity index (χ3n) is 6.02. The number of aromatic nitrogens is 2. The Hall–Kier alpha value is -3.30. The van der Waals surface area contributed by atoms with Crippen LogP contribution < -0.4 is 10.6 Å². The molecule has 10 heteroatoms. The molecule has 2 aliphatic heterocycles. The fourth-order valence-electron chi connectivity index (χ4n) is 4.25. The van der Waals surface area contributed by atoms with E-state index in [-0.39, 0.29) is 24.0 Å². The summed E-state index contributed by atoms with van der Waals surface area (Å²) in [6.07, 6.45) is 4.79. The first-order valence-electron chi connectivity index (χ1n) is 11.7. The summed E-state index contributed by atoms with van der Waals surface area (Å²) in [4.78, 5) is 35.7. The van der Waals surface area contributed by atoms with Gasteiger partial charge in [0.2, 0.25) is 17.6 Å². The highest BCUT2D eigenvalue weighted by molar-refractivity contribution is 6.37. The second-order valence-corrected chi connectivity index (χ2v) is 8.93. The lowest BCUT2D eigenvalue weighted by Crippen LogP contribution is -2.49. The Bertz CT molecular complexity index is 1220. The highest BCUT2D eigenvalue weighted by Crippen LogP contribution is 2.33. The van der Waals surface area contributed by atoms with Crippen molar-refractivity contribution in [1.29, 1.82) is 0 Å². The van der Waals surface area contributed by atoms with E-state index in [4.69, 9.17) is 21.1 Å². The zero-order valence-corrected chi connectivity index (χ0v) is 21.0. The van der Waals surface area contributed by atoms with Gasteiger partial charge in [0.05, 0.1) is 6.17 Å². The number of likely N-dealkylation sites (N-methyl/N-ethyl adjacent to an activating group) is 1. The molecule has 9 nitrogen and oxygen atoms in total. The Labute approximate surface area is 209 Å². The van der Waals surface area contributed by atoms with Gasteiger partial charge >= 0.3 is 0 Å². The van der Waals surface area contributed by atoms with E-state index in [1.807, 2.05) is 39.0 Å². The van der Waals surface area contributed by atoms with Crippen molar-refractivity contribution in [1.82, 2.24) is 25.7 Å². The summed E-state index contributed by atoms with van der Waals surface area (Å²) in [5.41, 5.74) is 2.66. The molecule has 4 rings (SSSR count). The summed E-state index contributed by atoms with van der Waals surface area (Å²) in [5.74, 6) is 1.42. The van der Waals surface area contributed by atoms with E-state index < -0.39 is 0 Å². The number of amides is 2. The molecule has 1 aromatic heterocycles. The molecule has 0 radical (unpaired) electrons. The summed E-state index contributed by atoms with van der Waals surface area (Å²) in [6, 6.07) is 5.50. The van der Waals surface area contributed by atoms with Gasteiger partial charge in [-0.2, -0.15) is 4.98 Å². The molecule has 0 saturated carbocycles. The van der Waals surface area contributed by atoms with Gasteiger partial charge in [0.1, 0.15) is 5.84 Å². The van der Waals surface area contributed by atoms with Gasteiger partial charge in [-0.1, -0.05) is 35.0 Å². The van der Waals surface area contributed by atoms with Crippen LogP contribution in [0.15, 0.2) is 45.4 Å². The molecular weight excluding hydrogens is 468 g/mol. The van der Waals surface area contributed by atoms with E-state index in [2.05, 4.69) is 20.8 Å². The second-order valence-electron chi connectivity index (χ2n) is 8.52. The van der Waals surface area contributed by atoms with Gasteiger partial charge in [0, 0.05) is 59.8 Å². The Balaban J connectivity index is 1.62. The van der Waals surface area contributed by atoms with Crippen molar-refractivity contribution in [3.05, 3.63) is 52.4 Å². The van der Waals surface area contributed by atoms with Crippen molar-refractivity contribution in [2.24, 2.45) is 4.99 Å². The number of allylic oxidation sites excluding steroid dienone is 1. The van der Waals surface area contributed by atoms with Crippen molar-refractivity contribution >= 4 is 34.8 Å². The maximum absolute atomic E-state index is 13.5. The van der Waals surface area contributed by atoms with E-state index >= 15 is 0 Å². The van der Waals surface area contributed by atoms with Crippen LogP contribution >= 0.6 is 11.6 Å². The minimum Gasteiger partial charge on any atom is -0.355 e. The molecule has 2 atom stereocenters. The van der Waals surface area contributed by atoms with Crippen molar-refractivity contribution in [3.8, 4) is 11.4 Å². The van der Waals surface area contributed by atoms with Gasteiger partial charge in [-0.05, 0) is 39.3 Å². The number of nitrogens with one attached hydrogen (secondary N) is 2. The van der Waals surface area contributed by atoms with Crippen molar-refractivity contribution in [3.63, 3.8) is 0 Å². The monoisotopic (exact) mass is 496 g/mol. The maximum atomic E-state index is 13.5. The van der Waals surface area contributed by atoms with Gasteiger partial charge in [0.15, 0.2) is 0 Å². The lowest BCUT2D eigenvalue weighted by molar-refractivity contribution is -0.123. The maximum Gasteiger partial charge on any atom is 0.260 e. The summed E-state index contributed by atoms with van der Waals surface area (Å²) in [6.45, 7) is 8.53. The standard InChI is InChI=1S/C25H29ClN6O3/c1-5-16-11-20(19-9-7-17(12-21(19)26)23-30-15(4)35-31-23)25(34)32(6-2)24(16)29-14(3)28-18-8-10-22(33)27-13-18/h5,7,9,11-12,14,18,28H,6,8,10,13H2,1-4H3,(H,27,33)/b16-5-,29-24+. The normalized spacial score (nSPS) is 21.9. The predicted octanol–water partition coefficient (Wildman–Crippen LogP) is 3.50. The molecule has 2 aliphatic rings. The number of aryl methyl sites for hydroxylation is 1. The van der Waals surface area contributed by atoms with Crippen LogP contribution in [0.3, 0.4) is 0 Å². The van der Waals surface area contributed by atoms with Crippen LogP contribution in [-0.4, -0.2) is 58.0 Å². The first-order chi connectivity index (χ1) is 16.8. The molecule has 0 spiro atoms. The Morgan fingerprint density at radius 3 is 2.80 bits per heavy atom. The first kappa shape index (κ1) is 24.8. The number of carbonyl (C=O) groups is 2. The molecule has 1 aromatic carbocycles. The third-order valence-corrected chi connectivity index (χ3v) is 6.33. The smallest absolute Gasteiger partial charge is 0.260 e. The second kappa shape index (κ2) is 10.5. The van der Waals surface area contributed by atoms with Gasteiger partial charge < -0.3 is 9.84 Å². The zero-order chi connectivity index (χ0) is 25.1. The molecule has 0 aliphatic carbocycles. The molecule has 2 N–H and O–H groups in total. The average Bonchev–Trinajstić information content (AvgIpc) is 3.27. The van der Waals surface area contributed by atoms with E-state index in [1.54, 1.807) is 24.0 Å². The molecule has 0 bridgehead atoms. The number of hydrogen-bond acceptors (Lipinski definition) is 7. The SMILES string of the molecule is C/C=C1/C=C(c2ccc(-c3noc(C)n3)cc2Cl)C(=O)N(CC)/C1=N/C(C)NC1CCC(=O)NC1. The highest BCUT2D eigenvalue weighted by atomic mass is 35.5. The summed E-state index contributed by atoms with van der Waals surface area (Å²) in [5, 5.41) is 10.7. The minimum absolute atomic E-state index is 0.0741. The number of rotatable bonds is 6. The number of benzene rings is 1. The van der Waals surface area contributed by atoms with Gasteiger partial charge in [-0.25, -0.2) is 4.99 Å². The van der Waals surface area contributed by atoms with Crippen molar-refractivity contribution in [2.75, 3.05) is 13.1 Å². The highest BCUT2D eigenvalue weighted by Gasteiger charge is 2.31. The average molecular weight is 497 g/mol. The van der Waals surface area contributed by atoms with Gasteiger partial charge in [-0.15, -0.1) is 0 Å². The van der Waals surface area contributed by atoms with Crippen LogP contribution in [0.25, 0.3) is 17.0 Å². The van der Waals surface area contributed by atoms with Gasteiger partial charge in [0.25, 0.3) is 5.91 Å². The molecule has 2 amide bonds. The fraction of sp³-hybridized carbons (Fsp3) is 0.400. The summed E-state index contributed by atoms with van der Waals surface area (Å²) < 4.78 is 5.06. The van der Waals surface area contributed by atoms with E-state index in [0.717, 1.165) is 12.0 Å². The van der Waals surface area contributed by atoms with Crippen LogP contribution in [0.4, 0.5) is 0 Å². The molecule has 3 heterocycles. The van der Waals surface area contributed by atoms with Gasteiger partial charge in [-0.3, -0.25) is 19.8 Å². The van der Waals surface area contributed by atoms with E-state index in [0.29, 0.717) is 58.8 Å². The third kappa shape index (κ3) is 5.36. The lowest BCUT2D eigenvalue weighted by Gasteiger charge is -2.31. The first-order valence-corrected chi connectivity index (χ1v) is 12.1. The summed E-state index contributed by atoms with van der Waals surface area (Å²) >= 11 is 6.62. The largest absolute Gasteiger partial charge is 0.355 e. The summed E-state index contributed by atoms with van der Waals surface area (Å²) in [7, 11) is 0. The number of carbonyl (C=O) groups excluding carboxylic acids is 2. The Kier molecular flexibility index (Phi) is 7.47. The van der Waals surface area contributed by atoms with Crippen molar-refractivity contribution in [2.45, 2.75) is 52.7 Å². The van der Waals surface area contributed by atoms with Crippen LogP contribution in [-0.2, 0) is 9.59 Å². The number of aliphatic imine (C=N–C) groups is 1. The topological polar surface area (TPSA) is 113 Å². The quantitative estimate of drug-likeness (QED) is 0.632. The lowest BCUT2D eigenvalue weighted by atomic mass is 9.95. The molecule has 1 saturated heterocycles. The number of hydrogen-bond donors (Lipinski definition) is 2. The predicted molar refractivity (Wildman–Crippen MR) is 135 cm³/mol. The minimum atomic E-state index is -0.238. The molecule has 1 fully saturated rings. The molecule has 2 unspecified atom stereocenters. The molecule has 35 heavy (non-hydrogen) atoms. The van der Waals surface area contributed by atoms with Crippen LogP contribution in [0.1, 0.15) is 45.1 Å². The van der Waals surface area contributed by atoms with Crippen LogP contribution in [0, 0.1) is 6.92 Å². The van der Waals surface area contributed by atoms with Crippen LogP contribution in [0.2, 0.25) is 5.02 Å². The Morgan fingerprint density at radius 1 is 1.40 bits per heavy atom. The molecule has 2 aromatic rings. The van der Waals surface area contributed by atoms with Crippen molar-refractivity contribution < 1.29 is 14.1 Å². The molecule has 184 valence electrons. The number of piperidine rings is 1. The fourth-order valence-corrected chi connectivity index (χ4v) is 4.53. The number of amidine groups is 1. The number of nitrogens with zero attached hydrogens (tertiary/aromatic N) is 4. The molecular formula is C25H29ClN6O3. The zero-order valence-electron chi connectivity index (χ0n) is 20.3. The van der Waals surface area contributed by atoms with E-state index in [9.17, 15) is 9.59 Å². The van der Waals surface area contributed by atoms with Crippen LogP contribution in [0.5, 0.6) is 0 Å². The number of halogens is 1. The Morgan fingerprint density at radius 2 is 2.20 bits per heavy atom.